The molecule has 0 atom stereocenters. The Labute approximate surface area is 87.8 Å². The van der Waals surface area contributed by atoms with Crippen molar-refractivity contribution >= 4 is 28.9 Å². The third-order valence-corrected chi connectivity index (χ3v) is 1.93. The van der Waals surface area contributed by atoms with Crippen LogP contribution in [0.25, 0.3) is 0 Å². The van der Waals surface area contributed by atoms with Crippen molar-refractivity contribution in [3.8, 4) is 5.75 Å². The van der Waals surface area contributed by atoms with Crippen LogP contribution in [-0.2, 0) is 0 Å². The summed E-state index contributed by atoms with van der Waals surface area (Å²) in [5, 5.41) is 3.54. The molecule has 1 aromatic rings. The maximum atomic E-state index is 5.94. The third-order valence-electron chi connectivity index (χ3n) is 1.50. The van der Waals surface area contributed by atoms with Crippen LogP contribution in [0.3, 0.4) is 0 Å². The van der Waals surface area contributed by atoms with Crippen LogP contribution in [0.5, 0.6) is 5.75 Å². The van der Waals surface area contributed by atoms with Gasteiger partial charge in [0.2, 0.25) is 0 Å². The minimum Gasteiger partial charge on any atom is -0.492 e. The van der Waals surface area contributed by atoms with Gasteiger partial charge in [0.05, 0.1) is 17.6 Å². The van der Waals surface area contributed by atoms with Gasteiger partial charge in [-0.3, -0.25) is 0 Å². The van der Waals surface area contributed by atoms with E-state index in [1.54, 1.807) is 6.07 Å². The van der Waals surface area contributed by atoms with E-state index in [0.717, 1.165) is 5.69 Å². The standard InChI is InChI=1S/C9H11Cl2NO/c1-2-13-9-4-3-7(12-6-10)5-8(9)11/h3-5,12H,2,6H2,1H3. The smallest absolute Gasteiger partial charge is 0.138 e. The second kappa shape index (κ2) is 5.20. The van der Waals surface area contributed by atoms with Crippen molar-refractivity contribution in [2.75, 3.05) is 17.9 Å². The molecular weight excluding hydrogens is 209 g/mol. The molecule has 0 saturated carbocycles. The number of ether oxygens (including phenoxy) is 1. The van der Waals surface area contributed by atoms with Crippen molar-refractivity contribution in [3.05, 3.63) is 23.2 Å². The molecule has 0 amide bonds. The lowest BCUT2D eigenvalue weighted by Gasteiger charge is -2.07. The Morgan fingerprint density at radius 1 is 1.46 bits per heavy atom. The van der Waals surface area contributed by atoms with Gasteiger partial charge < -0.3 is 10.1 Å². The largest absolute Gasteiger partial charge is 0.492 e. The zero-order valence-corrected chi connectivity index (χ0v) is 8.82. The lowest BCUT2D eigenvalue weighted by Crippen LogP contribution is -1.96. The highest BCUT2D eigenvalue weighted by molar-refractivity contribution is 6.32. The van der Waals surface area contributed by atoms with Crippen molar-refractivity contribution in [2.24, 2.45) is 0 Å². The summed E-state index contributed by atoms with van der Waals surface area (Å²) < 4.78 is 5.28. The molecule has 13 heavy (non-hydrogen) atoms. The Morgan fingerprint density at radius 2 is 2.23 bits per heavy atom. The van der Waals surface area contributed by atoms with Gasteiger partial charge in [-0.15, -0.1) is 11.6 Å². The average Bonchev–Trinajstić information content (AvgIpc) is 2.10. The van der Waals surface area contributed by atoms with E-state index in [2.05, 4.69) is 5.32 Å². The zero-order valence-electron chi connectivity index (χ0n) is 7.31. The molecule has 1 aromatic carbocycles. The van der Waals surface area contributed by atoms with E-state index in [1.807, 2.05) is 19.1 Å². The van der Waals surface area contributed by atoms with Crippen LogP contribution < -0.4 is 10.1 Å². The highest BCUT2D eigenvalue weighted by Crippen LogP contribution is 2.27. The van der Waals surface area contributed by atoms with E-state index in [4.69, 9.17) is 27.9 Å². The molecule has 1 rings (SSSR count). The van der Waals surface area contributed by atoms with Crippen molar-refractivity contribution in [1.29, 1.82) is 0 Å². The number of rotatable bonds is 4. The maximum absolute atomic E-state index is 5.94. The van der Waals surface area contributed by atoms with Crippen molar-refractivity contribution in [3.63, 3.8) is 0 Å². The van der Waals surface area contributed by atoms with Gasteiger partial charge in [0.15, 0.2) is 0 Å². The molecule has 0 heterocycles. The Hall–Kier alpha value is -0.600. The van der Waals surface area contributed by atoms with Gasteiger partial charge in [0, 0.05) is 5.69 Å². The monoisotopic (exact) mass is 219 g/mol. The normalized spacial score (nSPS) is 9.77. The summed E-state index contributed by atoms with van der Waals surface area (Å²) in [6, 6.07) is 5.85. The SMILES string of the molecule is CCOc1ccc(NCCl)cc1Cl. The van der Waals surface area contributed by atoms with E-state index in [-0.39, 0.29) is 0 Å². The van der Waals surface area contributed by atoms with Crippen LogP contribution in [-0.4, -0.2) is 12.6 Å². The fourth-order valence-electron chi connectivity index (χ4n) is 0.961. The van der Waals surface area contributed by atoms with E-state index in [9.17, 15) is 0 Å². The summed E-state index contributed by atoms with van der Waals surface area (Å²) in [5.74, 6) is 0.698. The number of alkyl halides is 1. The van der Waals surface area contributed by atoms with Crippen LogP contribution >= 0.6 is 23.2 Å². The summed E-state index contributed by atoms with van der Waals surface area (Å²) in [5.41, 5.74) is 0.892. The molecular formula is C9H11Cl2NO. The molecule has 2 nitrogen and oxygen atoms in total. The van der Waals surface area contributed by atoms with Crippen LogP contribution in [0.15, 0.2) is 18.2 Å². The molecule has 0 spiro atoms. The molecule has 0 fully saturated rings. The second-order valence-electron chi connectivity index (χ2n) is 2.39. The molecule has 0 aromatic heterocycles. The van der Waals surface area contributed by atoms with Crippen LogP contribution in [0.1, 0.15) is 6.92 Å². The summed E-state index contributed by atoms with van der Waals surface area (Å²) in [4.78, 5) is 0. The first-order valence-corrected chi connectivity index (χ1v) is 4.91. The Bertz CT molecular complexity index is 278. The summed E-state index contributed by atoms with van der Waals surface area (Å²) in [7, 11) is 0. The fraction of sp³-hybridized carbons (Fsp3) is 0.333. The number of hydrogen-bond acceptors (Lipinski definition) is 2. The van der Waals surface area contributed by atoms with Crippen LogP contribution in [0, 0.1) is 0 Å². The van der Waals surface area contributed by atoms with E-state index in [0.29, 0.717) is 23.4 Å². The fourth-order valence-corrected chi connectivity index (χ4v) is 1.35. The van der Waals surface area contributed by atoms with E-state index < -0.39 is 0 Å². The maximum Gasteiger partial charge on any atom is 0.138 e. The topological polar surface area (TPSA) is 21.3 Å². The van der Waals surface area contributed by atoms with Gasteiger partial charge in [0.1, 0.15) is 5.75 Å². The van der Waals surface area contributed by atoms with Crippen molar-refractivity contribution in [1.82, 2.24) is 0 Å². The molecule has 1 N–H and O–H groups in total. The first-order valence-electron chi connectivity index (χ1n) is 4.00. The minimum absolute atomic E-state index is 0.365. The predicted molar refractivity (Wildman–Crippen MR) is 57.0 cm³/mol. The van der Waals surface area contributed by atoms with E-state index in [1.165, 1.54) is 0 Å². The van der Waals surface area contributed by atoms with Crippen LogP contribution in [0.4, 0.5) is 5.69 Å². The lowest BCUT2D eigenvalue weighted by molar-refractivity contribution is 0.340. The summed E-state index contributed by atoms with van der Waals surface area (Å²) in [6.45, 7) is 2.53. The molecule has 0 radical (unpaired) electrons. The van der Waals surface area contributed by atoms with Crippen molar-refractivity contribution in [2.45, 2.75) is 6.92 Å². The van der Waals surface area contributed by atoms with Crippen molar-refractivity contribution < 1.29 is 4.74 Å². The quantitative estimate of drug-likeness (QED) is 0.620. The Kier molecular flexibility index (Phi) is 4.19. The van der Waals surface area contributed by atoms with Gasteiger partial charge in [-0.25, -0.2) is 0 Å². The van der Waals surface area contributed by atoms with Gasteiger partial charge >= 0.3 is 0 Å². The van der Waals surface area contributed by atoms with Gasteiger partial charge in [-0.2, -0.15) is 0 Å². The van der Waals surface area contributed by atoms with Crippen LogP contribution in [0.2, 0.25) is 5.02 Å². The molecule has 72 valence electrons. The molecule has 0 saturated heterocycles. The average molecular weight is 220 g/mol. The Balaban J connectivity index is 2.79. The molecule has 0 aliphatic heterocycles. The third kappa shape index (κ3) is 2.98. The van der Waals surface area contributed by atoms with Gasteiger partial charge in [-0.05, 0) is 25.1 Å². The molecule has 0 unspecified atom stereocenters. The highest BCUT2D eigenvalue weighted by atomic mass is 35.5. The van der Waals surface area contributed by atoms with Gasteiger partial charge in [0.25, 0.3) is 0 Å². The predicted octanol–water partition coefficient (Wildman–Crippen LogP) is 3.35. The second-order valence-corrected chi connectivity index (χ2v) is 3.06. The first kappa shape index (κ1) is 10.5. The molecule has 0 aliphatic carbocycles. The van der Waals surface area contributed by atoms with E-state index >= 15 is 0 Å². The zero-order chi connectivity index (χ0) is 9.68. The molecule has 4 heteroatoms. The Morgan fingerprint density at radius 3 is 2.77 bits per heavy atom. The molecule has 0 bridgehead atoms. The van der Waals surface area contributed by atoms with Gasteiger partial charge in [-0.1, -0.05) is 11.6 Å². The summed E-state index contributed by atoms with van der Waals surface area (Å²) >= 11 is 11.4. The number of benzene rings is 1. The number of hydrogen-bond donors (Lipinski definition) is 1. The highest BCUT2D eigenvalue weighted by Gasteiger charge is 2.01. The number of anilines is 1. The first-order chi connectivity index (χ1) is 6.27. The molecule has 0 aliphatic rings. The number of halogens is 2. The minimum atomic E-state index is 0.365. The summed E-state index contributed by atoms with van der Waals surface area (Å²) in [6.07, 6.45) is 0. The number of nitrogens with one attached hydrogen (secondary N) is 1. The lowest BCUT2D eigenvalue weighted by atomic mass is 10.3.